The molecular formula is C21H24N6O3. The van der Waals surface area contributed by atoms with Crippen molar-refractivity contribution in [3.63, 3.8) is 0 Å². The van der Waals surface area contributed by atoms with Crippen molar-refractivity contribution in [3.8, 4) is 17.3 Å². The summed E-state index contributed by atoms with van der Waals surface area (Å²) in [6.07, 6.45) is -0.664. The maximum absolute atomic E-state index is 12.3. The Kier molecular flexibility index (Phi) is 5.51. The predicted molar refractivity (Wildman–Crippen MR) is 111 cm³/mol. The van der Waals surface area contributed by atoms with Crippen LogP contribution in [0.5, 0.6) is 11.5 Å². The van der Waals surface area contributed by atoms with Crippen molar-refractivity contribution in [2.45, 2.75) is 26.9 Å². The Bertz CT molecular complexity index is 1050. The fourth-order valence-electron chi connectivity index (χ4n) is 3.12. The Morgan fingerprint density at radius 3 is 2.60 bits per heavy atom. The third-order valence-electron chi connectivity index (χ3n) is 5.05. The van der Waals surface area contributed by atoms with Gasteiger partial charge in [0.25, 0.3) is 5.91 Å². The summed E-state index contributed by atoms with van der Waals surface area (Å²) in [5, 5.41) is 18.9. The molecule has 0 saturated carbocycles. The molecule has 156 valence electrons. The fourth-order valence-corrected chi connectivity index (χ4v) is 3.12. The summed E-state index contributed by atoms with van der Waals surface area (Å²) in [4.78, 5) is 12.3. The number of aromatic nitrogens is 4. The number of ether oxygens (including phenoxy) is 2. The van der Waals surface area contributed by atoms with E-state index in [1.807, 2.05) is 51.1 Å². The summed E-state index contributed by atoms with van der Waals surface area (Å²) >= 11 is 0. The molecule has 9 heteroatoms. The molecule has 2 aromatic heterocycles. The molecule has 1 aliphatic rings. The minimum Gasteiger partial charge on any atom is -0.485 e. The number of benzene rings is 1. The minimum atomic E-state index is -0.664. The number of carbonyl (C=O) groups is 1. The smallest absolute Gasteiger partial charge is 0.264 e. The monoisotopic (exact) mass is 408 g/mol. The lowest BCUT2D eigenvalue weighted by molar-refractivity contribution is -0.130. The number of rotatable bonds is 6. The number of nitrogens with one attached hydrogen (secondary N) is 2. The van der Waals surface area contributed by atoms with Crippen LogP contribution in [0.2, 0.25) is 0 Å². The number of nitrogens with zero attached hydrogens (tertiary/aromatic N) is 4. The van der Waals surface area contributed by atoms with Gasteiger partial charge in [0.1, 0.15) is 12.4 Å². The number of para-hydroxylation sites is 2. The number of amides is 1. The molecular weight excluding hydrogens is 384 g/mol. The van der Waals surface area contributed by atoms with E-state index in [0.717, 1.165) is 17.0 Å². The number of hydrogen-bond acceptors (Lipinski definition) is 7. The molecule has 0 saturated heterocycles. The van der Waals surface area contributed by atoms with Gasteiger partial charge in [0.05, 0.1) is 5.69 Å². The predicted octanol–water partition coefficient (Wildman–Crippen LogP) is 1.96. The maximum Gasteiger partial charge on any atom is 0.264 e. The zero-order valence-electron chi connectivity index (χ0n) is 17.2. The van der Waals surface area contributed by atoms with Gasteiger partial charge in [-0.15, -0.1) is 10.2 Å². The first kappa shape index (κ1) is 19.7. The van der Waals surface area contributed by atoms with Gasteiger partial charge in [-0.25, -0.2) is 4.68 Å². The third kappa shape index (κ3) is 4.05. The minimum absolute atomic E-state index is 0.189. The highest BCUT2D eigenvalue weighted by molar-refractivity contribution is 5.81. The Labute approximate surface area is 174 Å². The summed E-state index contributed by atoms with van der Waals surface area (Å²) < 4.78 is 13.1. The van der Waals surface area contributed by atoms with Gasteiger partial charge in [-0.05, 0) is 50.6 Å². The van der Waals surface area contributed by atoms with Crippen LogP contribution in [0.25, 0.3) is 5.82 Å². The molecule has 9 nitrogen and oxygen atoms in total. The van der Waals surface area contributed by atoms with Crippen molar-refractivity contribution in [3.05, 3.63) is 53.3 Å². The largest absolute Gasteiger partial charge is 0.485 e. The van der Waals surface area contributed by atoms with Crippen molar-refractivity contribution >= 4 is 11.7 Å². The highest BCUT2D eigenvalue weighted by Crippen LogP contribution is 2.30. The molecule has 0 aliphatic carbocycles. The second-order valence-electron chi connectivity index (χ2n) is 7.07. The quantitative estimate of drug-likeness (QED) is 0.601. The molecule has 0 radical (unpaired) electrons. The highest BCUT2D eigenvalue weighted by Gasteiger charge is 2.26. The number of anilines is 1. The molecule has 0 spiro atoms. The molecule has 1 unspecified atom stereocenters. The topological polar surface area (TPSA) is 103 Å². The molecule has 4 rings (SSSR count). The van der Waals surface area contributed by atoms with Crippen LogP contribution in [0.1, 0.15) is 17.0 Å². The highest BCUT2D eigenvalue weighted by atomic mass is 16.6. The lowest BCUT2D eigenvalue weighted by Gasteiger charge is -2.25. The summed E-state index contributed by atoms with van der Waals surface area (Å²) in [5.41, 5.74) is 3.16. The Hall–Kier alpha value is -3.62. The van der Waals surface area contributed by atoms with Crippen LogP contribution in [-0.4, -0.2) is 51.7 Å². The molecule has 1 atom stereocenters. The molecule has 1 aromatic carbocycles. The maximum atomic E-state index is 12.3. The van der Waals surface area contributed by atoms with Gasteiger partial charge in [-0.2, -0.15) is 5.10 Å². The van der Waals surface area contributed by atoms with Gasteiger partial charge in [0.15, 0.2) is 17.3 Å². The van der Waals surface area contributed by atoms with Gasteiger partial charge in [-0.1, -0.05) is 12.1 Å². The lowest BCUT2D eigenvalue weighted by atomic mass is 10.2. The van der Waals surface area contributed by atoms with E-state index in [1.54, 1.807) is 10.7 Å². The Morgan fingerprint density at radius 2 is 1.90 bits per heavy atom. The Balaban J connectivity index is 1.25. The molecule has 0 bridgehead atoms. The van der Waals surface area contributed by atoms with Crippen LogP contribution >= 0.6 is 0 Å². The summed E-state index contributed by atoms with van der Waals surface area (Å²) in [5.74, 6) is 2.30. The van der Waals surface area contributed by atoms with E-state index in [1.165, 1.54) is 0 Å². The second kappa shape index (κ2) is 8.40. The van der Waals surface area contributed by atoms with E-state index in [2.05, 4.69) is 25.9 Å². The molecule has 1 amide bonds. The molecule has 3 heterocycles. The average molecular weight is 408 g/mol. The fraction of sp³-hybridized carbons (Fsp3) is 0.333. The number of fused-ring (bicyclic) bond motifs is 1. The van der Waals surface area contributed by atoms with Crippen molar-refractivity contribution < 1.29 is 14.3 Å². The van der Waals surface area contributed by atoms with E-state index in [4.69, 9.17) is 9.47 Å². The lowest BCUT2D eigenvalue weighted by Crippen LogP contribution is -2.45. The first-order valence-corrected chi connectivity index (χ1v) is 9.80. The van der Waals surface area contributed by atoms with Crippen molar-refractivity contribution in [2.75, 3.05) is 25.0 Å². The zero-order chi connectivity index (χ0) is 21.1. The van der Waals surface area contributed by atoms with Crippen LogP contribution in [0, 0.1) is 20.8 Å². The van der Waals surface area contributed by atoms with Crippen LogP contribution in [0.15, 0.2) is 36.4 Å². The summed E-state index contributed by atoms with van der Waals surface area (Å²) in [6, 6.07) is 11.0. The number of carbonyl (C=O) groups excluding carboxylic acids is 1. The normalized spacial score (nSPS) is 15.0. The summed E-state index contributed by atoms with van der Waals surface area (Å²) in [7, 11) is 0. The molecule has 0 fully saturated rings. The van der Waals surface area contributed by atoms with Gasteiger partial charge >= 0.3 is 0 Å². The van der Waals surface area contributed by atoms with E-state index < -0.39 is 6.10 Å². The van der Waals surface area contributed by atoms with Gasteiger partial charge in [0.2, 0.25) is 6.10 Å². The van der Waals surface area contributed by atoms with Crippen molar-refractivity contribution in [1.82, 2.24) is 25.3 Å². The summed E-state index contributed by atoms with van der Waals surface area (Å²) in [6.45, 7) is 7.12. The molecule has 3 aromatic rings. The van der Waals surface area contributed by atoms with E-state index in [-0.39, 0.29) is 12.5 Å². The molecule has 2 N–H and O–H groups in total. The zero-order valence-corrected chi connectivity index (χ0v) is 17.2. The van der Waals surface area contributed by atoms with Gasteiger partial charge in [-0.3, -0.25) is 4.79 Å². The van der Waals surface area contributed by atoms with Crippen molar-refractivity contribution in [1.29, 1.82) is 0 Å². The first-order chi connectivity index (χ1) is 14.5. The standard InChI is InChI=1S/C21H24N6O3/c1-13-14(2)26-27(15(13)3)20-9-8-19(24-25-20)22-10-11-23-21(28)18-12-29-16-6-4-5-7-17(16)30-18/h4-9,18H,10-12H2,1-3H3,(H,22,24)(H,23,28). The number of aryl methyl sites for hydroxylation is 1. The Morgan fingerprint density at radius 1 is 1.10 bits per heavy atom. The van der Waals surface area contributed by atoms with Crippen LogP contribution in [0.3, 0.4) is 0 Å². The van der Waals surface area contributed by atoms with Gasteiger partial charge in [0, 0.05) is 18.8 Å². The van der Waals surface area contributed by atoms with Crippen molar-refractivity contribution in [2.24, 2.45) is 0 Å². The van der Waals surface area contributed by atoms with E-state index in [0.29, 0.717) is 36.2 Å². The van der Waals surface area contributed by atoms with E-state index >= 15 is 0 Å². The van der Waals surface area contributed by atoms with Crippen LogP contribution < -0.4 is 20.1 Å². The molecule has 30 heavy (non-hydrogen) atoms. The first-order valence-electron chi connectivity index (χ1n) is 9.80. The number of hydrogen-bond donors (Lipinski definition) is 2. The van der Waals surface area contributed by atoms with Crippen LogP contribution in [-0.2, 0) is 4.79 Å². The van der Waals surface area contributed by atoms with E-state index in [9.17, 15) is 4.79 Å². The third-order valence-corrected chi connectivity index (χ3v) is 5.05. The average Bonchev–Trinajstić information content (AvgIpc) is 3.04. The van der Waals surface area contributed by atoms with Crippen LogP contribution in [0.4, 0.5) is 5.82 Å². The van der Waals surface area contributed by atoms with Gasteiger partial charge < -0.3 is 20.1 Å². The SMILES string of the molecule is Cc1nn(-c2ccc(NCCNC(=O)C3COc4ccccc4O3)nn2)c(C)c1C. The second-order valence-corrected chi connectivity index (χ2v) is 7.07. The molecule has 1 aliphatic heterocycles.